The van der Waals surface area contributed by atoms with Crippen molar-refractivity contribution >= 4 is 40.1 Å². The lowest BCUT2D eigenvalue weighted by Gasteiger charge is -2.21. The van der Waals surface area contributed by atoms with Crippen LogP contribution in [0, 0.1) is 3.57 Å². The average Bonchev–Trinajstić information content (AvgIpc) is 3.13. The Labute approximate surface area is 119 Å². The SMILES string of the molecule is O=C(c1ccc(I)c(O)c1)N(CCCl)C1CC1. The van der Waals surface area contributed by atoms with Crippen LogP contribution in [0.15, 0.2) is 18.2 Å². The molecule has 1 saturated carbocycles. The molecule has 1 N–H and O–H groups in total. The summed E-state index contributed by atoms with van der Waals surface area (Å²) in [7, 11) is 0. The normalized spacial score (nSPS) is 14.7. The first-order valence-corrected chi connectivity index (χ1v) is 7.10. The molecule has 1 aliphatic carbocycles. The Bertz CT molecular complexity index is 435. The van der Waals surface area contributed by atoms with Gasteiger partial charge in [0.25, 0.3) is 5.91 Å². The number of phenols is 1. The molecule has 0 aliphatic heterocycles. The van der Waals surface area contributed by atoms with Gasteiger partial charge < -0.3 is 10.0 Å². The lowest BCUT2D eigenvalue weighted by atomic mass is 10.2. The molecular weight excluding hydrogens is 352 g/mol. The molecule has 0 radical (unpaired) electrons. The Kier molecular flexibility index (Phi) is 4.14. The van der Waals surface area contributed by atoms with Crippen molar-refractivity contribution in [3.8, 4) is 5.75 Å². The molecule has 0 unspecified atom stereocenters. The van der Waals surface area contributed by atoms with Gasteiger partial charge in [-0.1, -0.05) is 0 Å². The fraction of sp³-hybridized carbons (Fsp3) is 0.417. The second kappa shape index (κ2) is 5.44. The van der Waals surface area contributed by atoms with Crippen LogP contribution in [0.2, 0.25) is 0 Å². The number of benzene rings is 1. The number of alkyl halides is 1. The van der Waals surface area contributed by atoms with Crippen LogP contribution in [0.25, 0.3) is 0 Å². The highest BCUT2D eigenvalue weighted by atomic mass is 127. The van der Waals surface area contributed by atoms with Crippen molar-refractivity contribution in [1.82, 2.24) is 4.90 Å². The van der Waals surface area contributed by atoms with E-state index in [0.717, 1.165) is 16.4 Å². The molecule has 0 saturated heterocycles. The van der Waals surface area contributed by atoms with Gasteiger partial charge in [0.1, 0.15) is 5.75 Å². The van der Waals surface area contributed by atoms with Crippen molar-refractivity contribution in [1.29, 1.82) is 0 Å². The second-order valence-electron chi connectivity index (χ2n) is 4.08. The van der Waals surface area contributed by atoms with Crippen LogP contribution in [0.1, 0.15) is 23.2 Å². The van der Waals surface area contributed by atoms with Gasteiger partial charge in [-0.25, -0.2) is 0 Å². The summed E-state index contributed by atoms with van der Waals surface area (Å²) in [6.07, 6.45) is 2.11. The third-order valence-corrected chi connectivity index (χ3v) is 3.85. The maximum absolute atomic E-state index is 12.2. The van der Waals surface area contributed by atoms with Gasteiger partial charge in [0.15, 0.2) is 0 Å². The minimum atomic E-state index is -0.0418. The Balaban J connectivity index is 2.19. The summed E-state index contributed by atoms with van der Waals surface area (Å²) in [6, 6.07) is 5.35. The zero-order valence-corrected chi connectivity index (χ0v) is 12.1. The van der Waals surface area contributed by atoms with E-state index in [0.29, 0.717) is 24.0 Å². The van der Waals surface area contributed by atoms with Gasteiger partial charge in [0.2, 0.25) is 0 Å². The largest absolute Gasteiger partial charge is 0.507 e. The third-order valence-electron chi connectivity index (χ3n) is 2.77. The number of halogens is 2. The monoisotopic (exact) mass is 365 g/mol. The van der Waals surface area contributed by atoms with Crippen molar-refractivity contribution < 1.29 is 9.90 Å². The van der Waals surface area contributed by atoms with E-state index < -0.39 is 0 Å². The summed E-state index contributed by atoms with van der Waals surface area (Å²) in [5.74, 6) is 0.552. The Hall–Kier alpha value is -0.490. The summed E-state index contributed by atoms with van der Waals surface area (Å²) >= 11 is 7.74. The van der Waals surface area contributed by atoms with E-state index >= 15 is 0 Å². The van der Waals surface area contributed by atoms with E-state index in [1.165, 1.54) is 6.07 Å². The maximum atomic E-state index is 12.2. The van der Waals surface area contributed by atoms with E-state index in [1.807, 2.05) is 22.6 Å². The summed E-state index contributed by atoms with van der Waals surface area (Å²) < 4.78 is 0.745. The van der Waals surface area contributed by atoms with Crippen LogP contribution in [0.5, 0.6) is 5.75 Å². The standard InChI is InChI=1S/C12H13ClINO2/c13-5-6-15(9-2-3-9)12(17)8-1-4-10(14)11(16)7-8/h1,4,7,9,16H,2-3,5-6H2. The highest BCUT2D eigenvalue weighted by Gasteiger charge is 2.32. The molecule has 1 aromatic carbocycles. The summed E-state index contributed by atoms with van der Waals surface area (Å²) in [5, 5.41) is 9.61. The molecule has 0 atom stereocenters. The van der Waals surface area contributed by atoms with Crippen molar-refractivity contribution in [3.05, 3.63) is 27.3 Å². The van der Waals surface area contributed by atoms with Gasteiger partial charge in [0.05, 0.1) is 3.57 Å². The minimum absolute atomic E-state index is 0.0418. The first-order chi connectivity index (χ1) is 8.13. The van der Waals surface area contributed by atoms with E-state index in [4.69, 9.17) is 11.6 Å². The zero-order valence-electron chi connectivity index (χ0n) is 9.20. The van der Waals surface area contributed by atoms with Crippen LogP contribution in [0.4, 0.5) is 0 Å². The summed E-state index contributed by atoms with van der Waals surface area (Å²) in [5.41, 5.74) is 0.528. The first kappa shape index (κ1) is 13.0. The van der Waals surface area contributed by atoms with Crippen LogP contribution in [-0.2, 0) is 0 Å². The van der Waals surface area contributed by atoms with Gasteiger partial charge in [-0.3, -0.25) is 4.79 Å². The van der Waals surface area contributed by atoms with E-state index in [2.05, 4.69) is 0 Å². The van der Waals surface area contributed by atoms with Crippen LogP contribution < -0.4 is 0 Å². The number of amides is 1. The number of carbonyl (C=O) groups is 1. The second-order valence-corrected chi connectivity index (χ2v) is 5.63. The van der Waals surface area contributed by atoms with Crippen LogP contribution in [0.3, 0.4) is 0 Å². The predicted octanol–water partition coefficient (Wildman–Crippen LogP) is 2.84. The number of phenolic OH excluding ortho intramolecular Hbond substituents is 1. The molecule has 1 aliphatic rings. The lowest BCUT2D eigenvalue weighted by Crippen LogP contribution is -2.34. The van der Waals surface area contributed by atoms with Gasteiger partial charge in [0, 0.05) is 24.0 Å². The first-order valence-electron chi connectivity index (χ1n) is 5.49. The van der Waals surface area contributed by atoms with Gasteiger partial charge in [-0.15, -0.1) is 11.6 Å². The Morgan fingerprint density at radius 2 is 2.24 bits per heavy atom. The smallest absolute Gasteiger partial charge is 0.254 e. The molecule has 0 spiro atoms. The Morgan fingerprint density at radius 1 is 1.53 bits per heavy atom. The number of nitrogens with zero attached hydrogens (tertiary/aromatic N) is 1. The van der Waals surface area contributed by atoms with Crippen molar-refractivity contribution in [2.75, 3.05) is 12.4 Å². The molecule has 2 rings (SSSR count). The molecule has 1 fully saturated rings. The van der Waals surface area contributed by atoms with Gasteiger partial charge in [-0.05, 0) is 53.6 Å². The molecule has 0 bridgehead atoms. The quantitative estimate of drug-likeness (QED) is 0.658. The fourth-order valence-electron chi connectivity index (χ4n) is 1.74. The molecule has 1 aromatic rings. The molecule has 17 heavy (non-hydrogen) atoms. The summed E-state index contributed by atoms with van der Waals surface area (Å²) in [6.45, 7) is 0.567. The highest BCUT2D eigenvalue weighted by Crippen LogP contribution is 2.29. The molecule has 0 heterocycles. The summed E-state index contributed by atoms with van der Waals surface area (Å²) in [4.78, 5) is 14.0. The topological polar surface area (TPSA) is 40.5 Å². The van der Waals surface area contributed by atoms with Gasteiger partial charge in [-0.2, -0.15) is 0 Å². The number of aromatic hydroxyl groups is 1. The molecule has 1 amide bonds. The number of hydrogen-bond acceptors (Lipinski definition) is 2. The number of rotatable bonds is 4. The van der Waals surface area contributed by atoms with Crippen LogP contribution >= 0.6 is 34.2 Å². The van der Waals surface area contributed by atoms with E-state index in [1.54, 1.807) is 17.0 Å². The van der Waals surface area contributed by atoms with Gasteiger partial charge >= 0.3 is 0 Å². The van der Waals surface area contributed by atoms with E-state index in [-0.39, 0.29) is 11.7 Å². The minimum Gasteiger partial charge on any atom is -0.507 e. The predicted molar refractivity (Wildman–Crippen MR) is 75.6 cm³/mol. The maximum Gasteiger partial charge on any atom is 0.254 e. The van der Waals surface area contributed by atoms with Crippen molar-refractivity contribution in [2.24, 2.45) is 0 Å². The molecular formula is C12H13ClINO2. The highest BCUT2D eigenvalue weighted by molar-refractivity contribution is 14.1. The average molecular weight is 366 g/mol. The lowest BCUT2D eigenvalue weighted by molar-refractivity contribution is 0.0753. The third kappa shape index (κ3) is 3.04. The molecule has 0 aromatic heterocycles. The van der Waals surface area contributed by atoms with E-state index in [9.17, 15) is 9.90 Å². The molecule has 92 valence electrons. The fourth-order valence-corrected chi connectivity index (χ4v) is 2.26. The van der Waals surface area contributed by atoms with Crippen LogP contribution in [-0.4, -0.2) is 34.4 Å². The number of hydrogen-bond donors (Lipinski definition) is 1. The van der Waals surface area contributed by atoms with Crippen molar-refractivity contribution in [2.45, 2.75) is 18.9 Å². The molecule has 5 heteroatoms. The number of carbonyl (C=O) groups excluding carboxylic acids is 1. The zero-order chi connectivity index (χ0) is 12.4. The van der Waals surface area contributed by atoms with Crippen molar-refractivity contribution in [3.63, 3.8) is 0 Å². The Morgan fingerprint density at radius 3 is 2.76 bits per heavy atom. The molecule has 3 nitrogen and oxygen atoms in total.